The Morgan fingerprint density at radius 2 is 1.78 bits per heavy atom. The molecule has 10 nitrogen and oxygen atoms in total. The van der Waals surface area contributed by atoms with Crippen LogP contribution in [0.2, 0.25) is 0 Å². The predicted molar refractivity (Wildman–Crippen MR) is 184 cm³/mol. The highest BCUT2D eigenvalue weighted by Crippen LogP contribution is 2.75. The molecule has 6 aliphatic rings. The summed E-state index contributed by atoms with van der Waals surface area (Å²) >= 11 is 0. The van der Waals surface area contributed by atoms with Gasteiger partial charge >= 0.3 is 5.97 Å². The van der Waals surface area contributed by atoms with Gasteiger partial charge in [0.05, 0.1) is 29.8 Å². The number of benzene rings is 1. The molecule has 1 heterocycles. The summed E-state index contributed by atoms with van der Waals surface area (Å²) in [5, 5.41) is 76.2. The molecule has 5 saturated carbocycles. The zero-order valence-corrected chi connectivity index (χ0v) is 29.9. The van der Waals surface area contributed by atoms with Crippen molar-refractivity contribution in [3.8, 4) is 0 Å². The summed E-state index contributed by atoms with van der Waals surface area (Å²) < 4.78 is 6.05. The van der Waals surface area contributed by atoms with Gasteiger partial charge in [0.15, 0.2) is 0 Å². The molecule has 7 rings (SSSR count). The molecule has 5 fully saturated rings. The van der Waals surface area contributed by atoms with Crippen LogP contribution in [0, 0.1) is 46.3 Å². The third-order valence-corrected chi connectivity index (χ3v) is 15.2. The van der Waals surface area contributed by atoms with Crippen LogP contribution in [0.15, 0.2) is 35.9 Å². The first-order chi connectivity index (χ1) is 23.7. The Bertz CT molecular complexity index is 1530. The van der Waals surface area contributed by atoms with Crippen molar-refractivity contribution in [1.82, 2.24) is 5.32 Å². The van der Waals surface area contributed by atoms with E-state index in [9.17, 15) is 40.2 Å². The summed E-state index contributed by atoms with van der Waals surface area (Å²) in [4.78, 5) is 26.6. The molecule has 0 saturated heterocycles. The highest BCUT2D eigenvalue weighted by atomic mass is 16.5. The molecule has 10 heteroatoms. The second kappa shape index (κ2) is 12.5. The third kappa shape index (κ3) is 4.71. The molecule has 0 amide bonds. The van der Waals surface area contributed by atoms with E-state index in [-0.39, 0.29) is 68.4 Å². The van der Waals surface area contributed by atoms with Crippen molar-refractivity contribution in [3.05, 3.63) is 47.0 Å². The number of likely N-dealkylation sites (N-methyl/N-ethyl adjacent to an activating group) is 1. The maximum Gasteiger partial charge on any atom is 0.331 e. The van der Waals surface area contributed by atoms with Gasteiger partial charge < -0.3 is 45.5 Å². The largest absolute Gasteiger partial charge is 0.454 e. The lowest BCUT2D eigenvalue weighted by Crippen LogP contribution is -2.84. The van der Waals surface area contributed by atoms with Crippen molar-refractivity contribution < 1.29 is 45.0 Å². The molecule has 7 N–H and O–H groups in total. The van der Waals surface area contributed by atoms with Gasteiger partial charge in [-0.15, -0.1) is 0 Å². The number of aliphatic hydroxyl groups excluding tert-OH is 3. The fourth-order valence-corrected chi connectivity index (χ4v) is 12.9. The Morgan fingerprint density at radius 3 is 2.44 bits per heavy atom. The molecule has 50 heavy (non-hydrogen) atoms. The molecule has 0 unspecified atom stereocenters. The molecule has 1 aromatic rings. The summed E-state index contributed by atoms with van der Waals surface area (Å²) in [7, 11) is 1.88. The number of carbonyl (C=O) groups excluding carboxylic acids is 2. The number of hydrogen-bond acceptors (Lipinski definition) is 10. The van der Waals surface area contributed by atoms with Gasteiger partial charge in [0, 0.05) is 41.7 Å². The number of fused-ring (bicyclic) bond motifs is 9. The summed E-state index contributed by atoms with van der Waals surface area (Å²) in [6.07, 6.45) is 2.77. The van der Waals surface area contributed by atoms with Gasteiger partial charge in [0.25, 0.3) is 0 Å². The smallest absolute Gasteiger partial charge is 0.331 e. The van der Waals surface area contributed by atoms with Crippen LogP contribution in [0.5, 0.6) is 0 Å². The number of hydrogen-bond donors (Lipinski definition) is 7. The van der Waals surface area contributed by atoms with Crippen molar-refractivity contribution in [3.63, 3.8) is 0 Å². The SMILES string of the molecule is CN[C@H](Cc1ccccc1CO)[C@@H]1C[C@@H]2C[C@]3(O)[C@]4(O)[C@@H](O)[C@@H](CCC(C)C)[C@]5(O)C[C@@H](O)CC[C@]5(C=O)[C@H]4CC[C@]3(C)[C@H]2C2=CC(=O)O[C@H]21. The molecule has 276 valence electrons. The third-order valence-electron chi connectivity index (χ3n) is 15.2. The first kappa shape index (κ1) is 36.2. The standard InChI is InChI=1S/C40H57NO9/c1-22(2)9-10-29-35(46)40(49)31(37(21-43)14-11-26(44)19-38(29,37)47)12-13-36(3)33-25(18-39(36,40)48)15-27(34-28(33)17-32(45)50-34)30(41-4)16-23-7-5-6-8-24(23)20-42/h5-8,17,21-22,25-27,29-31,33-35,41-42,44,46-49H,9-16,18-20H2,1-4H3/t25-,26+,27+,29-,30-,31-,33-,34+,35+,36-,37+,38-,39-,40-/m1/s1. The number of aldehydes is 1. The number of aliphatic hydroxyl groups is 6. The number of esters is 1. The van der Waals surface area contributed by atoms with Crippen LogP contribution in [0.4, 0.5) is 0 Å². The topological polar surface area (TPSA) is 177 Å². The van der Waals surface area contributed by atoms with E-state index in [0.29, 0.717) is 32.1 Å². The molecular formula is C40H57NO9. The normalized spacial score (nSPS) is 46.9. The van der Waals surface area contributed by atoms with Gasteiger partial charge in [-0.05, 0) is 92.9 Å². The molecule has 5 aliphatic carbocycles. The highest BCUT2D eigenvalue weighted by Gasteiger charge is 2.83. The summed E-state index contributed by atoms with van der Waals surface area (Å²) in [6, 6.07) is 7.60. The van der Waals surface area contributed by atoms with Gasteiger partial charge in [-0.1, -0.05) is 51.5 Å². The lowest BCUT2D eigenvalue weighted by atomic mass is 9.36. The zero-order chi connectivity index (χ0) is 36.0. The molecular weight excluding hydrogens is 638 g/mol. The first-order valence-corrected chi connectivity index (χ1v) is 18.9. The average Bonchev–Trinajstić information content (AvgIpc) is 3.57. The van der Waals surface area contributed by atoms with Crippen LogP contribution in [0.25, 0.3) is 0 Å². The fraction of sp³-hybridized carbons (Fsp3) is 0.750. The van der Waals surface area contributed by atoms with E-state index in [1.54, 1.807) is 6.08 Å². The second-order valence-electron chi connectivity index (χ2n) is 17.6. The summed E-state index contributed by atoms with van der Waals surface area (Å²) in [5.41, 5.74) is -5.52. The van der Waals surface area contributed by atoms with Crippen molar-refractivity contribution in [2.75, 3.05) is 7.05 Å². The fourth-order valence-electron chi connectivity index (χ4n) is 12.9. The minimum absolute atomic E-state index is 0.0698. The Labute approximate surface area is 295 Å². The lowest BCUT2D eigenvalue weighted by molar-refractivity contribution is -0.364. The maximum absolute atomic E-state index is 13.5. The molecule has 1 aliphatic heterocycles. The van der Waals surface area contributed by atoms with Gasteiger partial charge in [-0.25, -0.2) is 4.79 Å². The van der Waals surface area contributed by atoms with Gasteiger partial charge in [-0.3, -0.25) is 0 Å². The van der Waals surface area contributed by atoms with Crippen LogP contribution in [-0.2, 0) is 27.4 Å². The van der Waals surface area contributed by atoms with Gasteiger partial charge in [-0.2, -0.15) is 0 Å². The van der Waals surface area contributed by atoms with Crippen molar-refractivity contribution >= 4 is 12.3 Å². The van der Waals surface area contributed by atoms with Crippen molar-refractivity contribution in [1.29, 1.82) is 0 Å². The summed E-state index contributed by atoms with van der Waals surface area (Å²) in [6.45, 7) is 5.96. The van der Waals surface area contributed by atoms with Gasteiger partial charge in [0.1, 0.15) is 23.6 Å². The monoisotopic (exact) mass is 695 g/mol. The van der Waals surface area contributed by atoms with E-state index in [2.05, 4.69) is 5.32 Å². The highest BCUT2D eigenvalue weighted by molar-refractivity contribution is 5.86. The molecule has 0 bridgehead atoms. The lowest BCUT2D eigenvalue weighted by Gasteiger charge is -2.71. The predicted octanol–water partition coefficient (Wildman–Crippen LogP) is 2.58. The van der Waals surface area contributed by atoms with E-state index in [1.807, 2.05) is 52.1 Å². The van der Waals surface area contributed by atoms with Gasteiger partial charge in [0.2, 0.25) is 0 Å². The van der Waals surface area contributed by atoms with Crippen LogP contribution in [-0.4, -0.2) is 91.1 Å². The Morgan fingerprint density at radius 1 is 1.06 bits per heavy atom. The molecule has 0 spiro atoms. The first-order valence-electron chi connectivity index (χ1n) is 18.9. The van der Waals surface area contributed by atoms with E-state index < -0.39 is 63.8 Å². The van der Waals surface area contributed by atoms with Crippen LogP contribution >= 0.6 is 0 Å². The zero-order valence-electron chi connectivity index (χ0n) is 29.9. The van der Waals surface area contributed by atoms with Crippen LogP contribution in [0.1, 0.15) is 89.7 Å². The van der Waals surface area contributed by atoms with E-state index in [0.717, 1.165) is 23.0 Å². The minimum atomic E-state index is -2.13. The summed E-state index contributed by atoms with van der Waals surface area (Å²) in [5.74, 6) is -2.73. The Kier molecular flexibility index (Phi) is 9.02. The number of ether oxygens (including phenoxy) is 1. The van der Waals surface area contributed by atoms with Crippen LogP contribution < -0.4 is 5.32 Å². The number of rotatable bonds is 9. The molecule has 0 radical (unpaired) electrons. The number of carbonyl (C=O) groups is 2. The average molecular weight is 696 g/mol. The van der Waals surface area contributed by atoms with E-state index >= 15 is 0 Å². The molecule has 1 aromatic carbocycles. The Balaban J connectivity index is 1.31. The Hall–Kier alpha value is -2.18. The second-order valence-corrected chi connectivity index (χ2v) is 17.6. The van der Waals surface area contributed by atoms with Crippen molar-refractivity contribution in [2.45, 2.75) is 133 Å². The van der Waals surface area contributed by atoms with E-state index in [1.165, 1.54) is 0 Å². The maximum atomic E-state index is 13.5. The quantitative estimate of drug-likeness (QED) is 0.150. The van der Waals surface area contributed by atoms with Crippen molar-refractivity contribution in [2.24, 2.45) is 46.3 Å². The molecule has 14 atom stereocenters. The minimum Gasteiger partial charge on any atom is -0.454 e. The molecule has 0 aromatic heterocycles. The van der Waals surface area contributed by atoms with E-state index in [4.69, 9.17) is 4.74 Å². The van der Waals surface area contributed by atoms with Crippen LogP contribution in [0.3, 0.4) is 0 Å². The number of nitrogens with one attached hydrogen (secondary N) is 1.